The minimum Gasteiger partial charge on any atom is -0.491 e. The van der Waals surface area contributed by atoms with Crippen molar-refractivity contribution < 1.29 is 14.3 Å². The second kappa shape index (κ2) is 9.54. The van der Waals surface area contributed by atoms with E-state index in [1.165, 1.54) is 0 Å². The second-order valence-electron chi connectivity index (χ2n) is 7.70. The zero-order chi connectivity index (χ0) is 23.5. The van der Waals surface area contributed by atoms with Gasteiger partial charge in [0, 0.05) is 29.8 Å². The van der Waals surface area contributed by atoms with E-state index < -0.39 is 0 Å². The number of hydrogen-bond acceptors (Lipinski definition) is 5. The summed E-state index contributed by atoms with van der Waals surface area (Å²) in [4.78, 5) is 17.5. The molecule has 1 N–H and O–H groups in total. The molecule has 0 radical (unpaired) electrons. The Hall–Kier alpha value is -3.88. The van der Waals surface area contributed by atoms with E-state index in [0.29, 0.717) is 47.6 Å². The number of benzene rings is 2. The highest BCUT2D eigenvalue weighted by atomic mass is 35.5. The van der Waals surface area contributed by atoms with E-state index in [4.69, 9.17) is 21.1 Å². The van der Waals surface area contributed by atoms with Gasteiger partial charge in [0.15, 0.2) is 0 Å². The molecule has 0 saturated carbocycles. The maximum Gasteiger partial charge on any atom is 0.274 e. The first-order chi connectivity index (χ1) is 16.6. The van der Waals surface area contributed by atoms with Crippen molar-refractivity contribution in [1.82, 2.24) is 19.2 Å². The van der Waals surface area contributed by atoms with Gasteiger partial charge in [-0.2, -0.15) is 5.10 Å². The van der Waals surface area contributed by atoms with Crippen LogP contribution in [-0.4, -0.2) is 45.4 Å². The van der Waals surface area contributed by atoms with Crippen LogP contribution in [0.15, 0.2) is 73.2 Å². The molecular formula is C25H22ClN5O3. The molecule has 3 heterocycles. The first-order valence-corrected chi connectivity index (χ1v) is 11.1. The van der Waals surface area contributed by atoms with Gasteiger partial charge in [0.2, 0.25) is 0 Å². The molecule has 0 atom stereocenters. The van der Waals surface area contributed by atoms with E-state index in [-0.39, 0.29) is 5.91 Å². The smallest absolute Gasteiger partial charge is 0.274 e. The fraction of sp³-hybridized carbons (Fsp3) is 0.160. The van der Waals surface area contributed by atoms with E-state index in [2.05, 4.69) is 15.4 Å². The van der Waals surface area contributed by atoms with Gasteiger partial charge in [-0.05, 0) is 35.9 Å². The van der Waals surface area contributed by atoms with Crippen LogP contribution in [0.5, 0.6) is 5.75 Å². The quantitative estimate of drug-likeness (QED) is 0.330. The molecule has 0 aliphatic carbocycles. The van der Waals surface area contributed by atoms with Crippen LogP contribution < -0.4 is 10.1 Å². The second-order valence-corrected chi connectivity index (χ2v) is 8.14. The number of rotatable bonds is 8. The molecule has 0 aliphatic heterocycles. The number of amides is 1. The molecule has 0 saturated heterocycles. The number of carbonyl (C=O) groups excluding carboxylic acids is 1. The molecule has 3 aromatic heterocycles. The number of halogens is 1. The highest BCUT2D eigenvalue weighted by Crippen LogP contribution is 2.25. The predicted octanol–water partition coefficient (Wildman–Crippen LogP) is 4.66. The molecule has 2 aromatic carbocycles. The van der Waals surface area contributed by atoms with Crippen LogP contribution in [0.3, 0.4) is 0 Å². The van der Waals surface area contributed by atoms with Gasteiger partial charge in [-0.3, -0.25) is 13.9 Å². The highest BCUT2D eigenvalue weighted by Gasteiger charge is 2.15. The average Bonchev–Trinajstić information content (AvgIpc) is 3.44. The van der Waals surface area contributed by atoms with E-state index >= 15 is 0 Å². The first-order valence-electron chi connectivity index (χ1n) is 10.7. The third-order valence-corrected chi connectivity index (χ3v) is 5.67. The Kier molecular flexibility index (Phi) is 6.16. The minimum absolute atomic E-state index is 0.268. The largest absolute Gasteiger partial charge is 0.491 e. The fourth-order valence-electron chi connectivity index (χ4n) is 3.80. The normalized spacial score (nSPS) is 11.2. The van der Waals surface area contributed by atoms with Crippen molar-refractivity contribution in [3.8, 4) is 5.75 Å². The van der Waals surface area contributed by atoms with Gasteiger partial charge in [0.1, 0.15) is 23.7 Å². The molecule has 0 bridgehead atoms. The van der Waals surface area contributed by atoms with Crippen LogP contribution in [0.25, 0.3) is 16.6 Å². The number of aromatic nitrogens is 4. The number of nitrogens with one attached hydrogen (secondary N) is 1. The summed E-state index contributed by atoms with van der Waals surface area (Å²) in [7, 11) is 1.62. The zero-order valence-corrected chi connectivity index (χ0v) is 19.2. The molecular weight excluding hydrogens is 454 g/mol. The van der Waals surface area contributed by atoms with Gasteiger partial charge in [-0.15, -0.1) is 0 Å². The third-order valence-electron chi connectivity index (χ3n) is 5.43. The van der Waals surface area contributed by atoms with Gasteiger partial charge < -0.3 is 14.8 Å². The summed E-state index contributed by atoms with van der Waals surface area (Å²) in [6.07, 6.45) is 5.07. The molecule has 5 aromatic rings. The summed E-state index contributed by atoms with van der Waals surface area (Å²) in [5.74, 6) is 0.398. The molecule has 0 aliphatic rings. The summed E-state index contributed by atoms with van der Waals surface area (Å²) in [5, 5.41) is 9.06. The summed E-state index contributed by atoms with van der Waals surface area (Å²) < 4.78 is 14.2. The van der Waals surface area contributed by atoms with Crippen molar-refractivity contribution in [1.29, 1.82) is 0 Å². The number of pyridine rings is 1. The molecule has 0 spiro atoms. The van der Waals surface area contributed by atoms with Crippen molar-refractivity contribution in [3.05, 3.63) is 89.5 Å². The first kappa shape index (κ1) is 21.9. The topological polar surface area (TPSA) is 82.7 Å². The average molecular weight is 476 g/mol. The summed E-state index contributed by atoms with van der Waals surface area (Å²) >= 11 is 6.12. The Morgan fingerprint density at radius 3 is 2.82 bits per heavy atom. The zero-order valence-electron chi connectivity index (χ0n) is 18.4. The summed E-state index contributed by atoms with van der Waals surface area (Å²) in [5.41, 5.74) is 3.67. The number of fused-ring (bicyclic) bond motifs is 2. The number of anilines is 1. The van der Waals surface area contributed by atoms with Crippen molar-refractivity contribution in [3.63, 3.8) is 0 Å². The lowest BCUT2D eigenvalue weighted by Crippen LogP contribution is -2.14. The number of nitrogens with zero attached hydrogens (tertiary/aromatic N) is 4. The third kappa shape index (κ3) is 4.46. The van der Waals surface area contributed by atoms with Gasteiger partial charge in [-0.1, -0.05) is 29.8 Å². The molecule has 0 unspecified atom stereocenters. The maximum atomic E-state index is 13.1. The lowest BCUT2D eigenvalue weighted by atomic mass is 10.2. The van der Waals surface area contributed by atoms with Crippen molar-refractivity contribution in [2.75, 3.05) is 25.6 Å². The lowest BCUT2D eigenvalue weighted by molar-refractivity contribution is 0.102. The Balaban J connectivity index is 1.37. The standard InChI is InChI=1S/C25H22ClN5O3/c1-33-10-11-34-19-8-9-30-23(15-27-24(30)13-19)25(32)29-21-6-3-7-22-20(21)14-28-31(22)16-17-4-2-5-18(26)12-17/h2-9,12-15H,10-11,16H2,1H3,(H,29,32). The molecule has 5 rings (SSSR count). The summed E-state index contributed by atoms with van der Waals surface area (Å²) in [6, 6.07) is 17.0. The number of methoxy groups -OCH3 is 1. The van der Waals surface area contributed by atoms with E-state index in [1.807, 2.05) is 47.1 Å². The Labute approximate surface area is 200 Å². The molecule has 0 fully saturated rings. The summed E-state index contributed by atoms with van der Waals surface area (Å²) in [6.45, 7) is 1.51. The van der Waals surface area contributed by atoms with Crippen molar-refractivity contribution in [2.24, 2.45) is 0 Å². The number of hydrogen-bond donors (Lipinski definition) is 1. The predicted molar refractivity (Wildman–Crippen MR) is 131 cm³/mol. The maximum absolute atomic E-state index is 13.1. The molecule has 172 valence electrons. The van der Waals surface area contributed by atoms with Gasteiger partial charge in [0.25, 0.3) is 5.91 Å². The van der Waals surface area contributed by atoms with Gasteiger partial charge >= 0.3 is 0 Å². The number of carbonyl (C=O) groups is 1. The monoisotopic (exact) mass is 475 g/mol. The van der Waals surface area contributed by atoms with Crippen molar-refractivity contribution >= 4 is 39.7 Å². The molecule has 8 nitrogen and oxygen atoms in total. The van der Waals surface area contributed by atoms with Gasteiger partial charge in [0.05, 0.1) is 36.7 Å². The lowest BCUT2D eigenvalue weighted by Gasteiger charge is -2.09. The van der Waals surface area contributed by atoms with Gasteiger partial charge in [-0.25, -0.2) is 4.98 Å². The number of ether oxygens (including phenoxy) is 2. The fourth-order valence-corrected chi connectivity index (χ4v) is 4.01. The number of imidazole rings is 1. The van der Waals surface area contributed by atoms with Crippen LogP contribution in [-0.2, 0) is 11.3 Å². The molecule has 9 heteroatoms. The van der Waals surface area contributed by atoms with Crippen molar-refractivity contribution in [2.45, 2.75) is 6.54 Å². The Bertz CT molecular complexity index is 1480. The Morgan fingerprint density at radius 1 is 1.09 bits per heavy atom. The minimum atomic E-state index is -0.268. The molecule has 1 amide bonds. The van der Waals surface area contributed by atoms with Crippen LogP contribution in [0.2, 0.25) is 5.02 Å². The van der Waals surface area contributed by atoms with Crippen LogP contribution >= 0.6 is 11.6 Å². The SMILES string of the molecule is COCCOc1ccn2c(C(=O)Nc3cccc4c3cnn4Cc3cccc(Cl)c3)cnc2c1. The van der Waals surface area contributed by atoms with Crippen LogP contribution in [0.1, 0.15) is 16.1 Å². The van der Waals surface area contributed by atoms with E-state index in [9.17, 15) is 4.79 Å². The van der Waals surface area contributed by atoms with Crippen LogP contribution in [0, 0.1) is 0 Å². The van der Waals surface area contributed by atoms with E-state index in [1.54, 1.807) is 42.2 Å². The Morgan fingerprint density at radius 2 is 1.97 bits per heavy atom. The highest BCUT2D eigenvalue weighted by molar-refractivity contribution is 6.30. The van der Waals surface area contributed by atoms with Crippen LogP contribution in [0.4, 0.5) is 5.69 Å². The van der Waals surface area contributed by atoms with E-state index in [0.717, 1.165) is 16.5 Å². The molecule has 34 heavy (non-hydrogen) atoms.